The van der Waals surface area contributed by atoms with Gasteiger partial charge in [-0.05, 0) is 12.1 Å². The molecule has 1 heterocycles. The number of amides is 2. The van der Waals surface area contributed by atoms with Crippen molar-refractivity contribution >= 4 is 29.1 Å². The van der Waals surface area contributed by atoms with E-state index in [-0.39, 0.29) is 17.3 Å². The van der Waals surface area contributed by atoms with E-state index in [1.165, 1.54) is 18.2 Å². The molecule has 110 valence electrons. The quantitative estimate of drug-likeness (QED) is 0.725. The summed E-state index contributed by atoms with van der Waals surface area (Å²) in [7, 11) is 0. The molecule has 2 unspecified atom stereocenters. The topological polar surface area (TPSA) is 78.4 Å². The summed E-state index contributed by atoms with van der Waals surface area (Å²) < 4.78 is 13.5. The first-order valence-corrected chi connectivity index (χ1v) is 6.59. The second kappa shape index (κ2) is 7.21. The van der Waals surface area contributed by atoms with Gasteiger partial charge in [-0.2, -0.15) is 0 Å². The van der Waals surface area contributed by atoms with Crippen LogP contribution in [0.3, 0.4) is 0 Å². The van der Waals surface area contributed by atoms with Crippen LogP contribution in [0.2, 0.25) is 5.02 Å². The average Bonchev–Trinajstić information content (AvgIpc) is 2.77. The van der Waals surface area contributed by atoms with E-state index in [1.54, 1.807) is 0 Å². The number of halogens is 2. The SMILES string of the molecule is CC.O=C1NCC(O)C1C(=O)Nc1cccc(Cl)c1F. The molecule has 1 aliphatic rings. The number of benzene rings is 1. The number of carbonyl (C=O) groups is 2. The molecule has 0 aromatic heterocycles. The molecule has 7 heteroatoms. The fraction of sp³-hybridized carbons (Fsp3) is 0.385. The smallest absolute Gasteiger partial charge is 0.239 e. The van der Waals surface area contributed by atoms with Gasteiger partial charge in [-0.15, -0.1) is 0 Å². The van der Waals surface area contributed by atoms with Crippen molar-refractivity contribution in [3.63, 3.8) is 0 Å². The second-order valence-corrected chi connectivity index (χ2v) is 4.29. The van der Waals surface area contributed by atoms with Crippen LogP contribution in [0.4, 0.5) is 10.1 Å². The number of carbonyl (C=O) groups excluding carboxylic acids is 2. The number of hydrogen-bond acceptors (Lipinski definition) is 3. The number of hydrogen-bond donors (Lipinski definition) is 3. The molecule has 1 aromatic carbocycles. The molecule has 0 bridgehead atoms. The van der Waals surface area contributed by atoms with Crippen molar-refractivity contribution in [3.05, 3.63) is 29.0 Å². The monoisotopic (exact) mass is 302 g/mol. The van der Waals surface area contributed by atoms with E-state index in [9.17, 15) is 19.1 Å². The molecule has 3 N–H and O–H groups in total. The molecule has 0 spiro atoms. The Morgan fingerprint density at radius 1 is 1.50 bits per heavy atom. The maximum atomic E-state index is 13.5. The molecular weight excluding hydrogens is 287 g/mol. The van der Waals surface area contributed by atoms with Gasteiger partial charge in [0.1, 0.15) is 5.92 Å². The molecule has 5 nitrogen and oxygen atoms in total. The van der Waals surface area contributed by atoms with E-state index < -0.39 is 29.7 Å². The van der Waals surface area contributed by atoms with Gasteiger partial charge in [0.15, 0.2) is 5.82 Å². The minimum absolute atomic E-state index is 0.00888. The Kier molecular flexibility index (Phi) is 5.91. The fourth-order valence-electron chi connectivity index (χ4n) is 1.71. The lowest BCUT2D eigenvalue weighted by Gasteiger charge is -2.12. The predicted molar refractivity (Wildman–Crippen MR) is 73.9 cm³/mol. The van der Waals surface area contributed by atoms with Crippen molar-refractivity contribution < 1.29 is 19.1 Å². The number of nitrogens with one attached hydrogen (secondary N) is 2. The molecule has 1 aromatic rings. The number of aliphatic hydroxyl groups excluding tert-OH is 1. The minimum atomic E-state index is -1.23. The summed E-state index contributed by atoms with van der Waals surface area (Å²) in [6.45, 7) is 4.01. The summed E-state index contributed by atoms with van der Waals surface area (Å²) in [6.07, 6.45) is -1.11. The second-order valence-electron chi connectivity index (χ2n) is 3.88. The Balaban J connectivity index is 0.000000956. The molecule has 2 rings (SSSR count). The third-order valence-electron chi connectivity index (χ3n) is 2.64. The molecule has 2 atom stereocenters. The van der Waals surface area contributed by atoms with E-state index in [2.05, 4.69) is 10.6 Å². The van der Waals surface area contributed by atoms with Crippen molar-refractivity contribution in [2.75, 3.05) is 11.9 Å². The van der Waals surface area contributed by atoms with Crippen molar-refractivity contribution in [1.29, 1.82) is 0 Å². The predicted octanol–water partition coefficient (Wildman–Crippen LogP) is 1.55. The minimum Gasteiger partial charge on any atom is -0.390 e. The van der Waals surface area contributed by atoms with E-state index in [1.807, 2.05) is 13.8 Å². The van der Waals surface area contributed by atoms with Crippen LogP contribution in [-0.2, 0) is 9.59 Å². The number of anilines is 1. The molecule has 0 aliphatic carbocycles. The van der Waals surface area contributed by atoms with Gasteiger partial charge in [-0.1, -0.05) is 31.5 Å². The highest BCUT2D eigenvalue weighted by molar-refractivity contribution is 6.31. The van der Waals surface area contributed by atoms with E-state index in [0.29, 0.717) is 0 Å². The lowest BCUT2D eigenvalue weighted by atomic mass is 10.0. The lowest BCUT2D eigenvalue weighted by Crippen LogP contribution is -2.35. The standard InChI is InChI=1S/C11H10ClFN2O3.C2H6/c12-5-2-1-3-6(9(5)13)15-11(18)8-7(16)4-14-10(8)17;1-2/h1-3,7-8,16H,4H2,(H,14,17)(H,15,18);1-2H3. The fourth-order valence-corrected chi connectivity index (χ4v) is 1.89. The van der Waals surface area contributed by atoms with Gasteiger partial charge in [-0.25, -0.2) is 4.39 Å². The van der Waals surface area contributed by atoms with Crippen LogP contribution in [0.1, 0.15) is 13.8 Å². The van der Waals surface area contributed by atoms with Crippen LogP contribution in [0.5, 0.6) is 0 Å². The van der Waals surface area contributed by atoms with Crippen molar-refractivity contribution in [2.24, 2.45) is 5.92 Å². The first-order chi connectivity index (χ1) is 9.50. The molecule has 1 saturated heterocycles. The van der Waals surface area contributed by atoms with Crippen molar-refractivity contribution in [1.82, 2.24) is 5.32 Å². The zero-order chi connectivity index (χ0) is 15.3. The third-order valence-corrected chi connectivity index (χ3v) is 2.94. The van der Waals surface area contributed by atoms with Gasteiger partial charge in [0, 0.05) is 6.54 Å². The van der Waals surface area contributed by atoms with Crippen LogP contribution in [0.15, 0.2) is 18.2 Å². The van der Waals surface area contributed by atoms with Crippen LogP contribution in [0, 0.1) is 11.7 Å². The number of β-amino-alcohol motifs (C(OH)–C–C–N with tert-alkyl or cyclic N) is 1. The van der Waals surface area contributed by atoms with Crippen LogP contribution in [-0.4, -0.2) is 29.6 Å². The molecule has 2 amide bonds. The zero-order valence-corrected chi connectivity index (χ0v) is 11.9. The summed E-state index contributed by atoms with van der Waals surface area (Å²) in [5, 5.41) is 13.9. The molecule has 1 fully saturated rings. The highest BCUT2D eigenvalue weighted by Gasteiger charge is 2.39. The molecule has 0 saturated carbocycles. The Hall–Kier alpha value is -1.66. The molecule has 20 heavy (non-hydrogen) atoms. The van der Waals surface area contributed by atoms with E-state index >= 15 is 0 Å². The first-order valence-electron chi connectivity index (χ1n) is 6.21. The van der Waals surface area contributed by atoms with Crippen LogP contribution < -0.4 is 10.6 Å². The number of rotatable bonds is 2. The average molecular weight is 303 g/mol. The Labute approximate surface area is 121 Å². The molecular formula is C13H16ClFN2O3. The van der Waals surface area contributed by atoms with Crippen LogP contribution >= 0.6 is 11.6 Å². The lowest BCUT2D eigenvalue weighted by molar-refractivity contribution is -0.132. The van der Waals surface area contributed by atoms with Gasteiger partial charge in [0.05, 0.1) is 16.8 Å². The highest BCUT2D eigenvalue weighted by Crippen LogP contribution is 2.23. The highest BCUT2D eigenvalue weighted by atomic mass is 35.5. The van der Waals surface area contributed by atoms with E-state index in [0.717, 1.165) is 0 Å². The Bertz CT molecular complexity index is 510. The summed E-state index contributed by atoms with van der Waals surface area (Å²) >= 11 is 5.56. The van der Waals surface area contributed by atoms with Gasteiger partial charge >= 0.3 is 0 Å². The summed E-state index contributed by atoms with van der Waals surface area (Å²) in [5.41, 5.74) is -0.126. The number of aliphatic hydroxyl groups is 1. The van der Waals surface area contributed by atoms with Crippen molar-refractivity contribution in [3.8, 4) is 0 Å². The Morgan fingerprint density at radius 3 is 2.70 bits per heavy atom. The normalized spacial score (nSPS) is 20.8. The maximum absolute atomic E-state index is 13.5. The summed E-state index contributed by atoms with van der Waals surface area (Å²) in [6, 6.07) is 4.12. The zero-order valence-electron chi connectivity index (χ0n) is 11.1. The largest absolute Gasteiger partial charge is 0.390 e. The first kappa shape index (κ1) is 16.4. The third kappa shape index (κ3) is 3.46. The Morgan fingerprint density at radius 2 is 2.15 bits per heavy atom. The molecule has 0 radical (unpaired) electrons. The van der Waals surface area contributed by atoms with Gasteiger partial charge in [-0.3, -0.25) is 9.59 Å². The summed E-state index contributed by atoms with van der Waals surface area (Å²) in [5.74, 6) is -3.36. The van der Waals surface area contributed by atoms with E-state index in [4.69, 9.17) is 11.6 Å². The van der Waals surface area contributed by atoms with Gasteiger partial charge in [0.2, 0.25) is 11.8 Å². The summed E-state index contributed by atoms with van der Waals surface area (Å²) in [4.78, 5) is 23.1. The van der Waals surface area contributed by atoms with Gasteiger partial charge in [0.25, 0.3) is 0 Å². The molecule has 1 aliphatic heterocycles. The van der Waals surface area contributed by atoms with Crippen LogP contribution in [0.25, 0.3) is 0 Å². The maximum Gasteiger partial charge on any atom is 0.239 e. The van der Waals surface area contributed by atoms with Crippen molar-refractivity contribution in [2.45, 2.75) is 20.0 Å². The van der Waals surface area contributed by atoms with Gasteiger partial charge < -0.3 is 15.7 Å².